The number of pyridine rings is 1. The second-order valence-electron chi connectivity index (χ2n) is 5.50. The van der Waals surface area contributed by atoms with Crippen molar-refractivity contribution < 1.29 is 5.11 Å². The van der Waals surface area contributed by atoms with Gasteiger partial charge in [-0.1, -0.05) is 13.3 Å². The van der Waals surface area contributed by atoms with Gasteiger partial charge in [-0.05, 0) is 63.8 Å². The molecule has 19 heavy (non-hydrogen) atoms. The first kappa shape index (κ1) is 16.1. The van der Waals surface area contributed by atoms with Gasteiger partial charge in [-0.15, -0.1) is 0 Å². The molecule has 3 nitrogen and oxygen atoms in total. The van der Waals surface area contributed by atoms with E-state index in [0.717, 1.165) is 30.8 Å². The molecule has 2 N–H and O–H groups in total. The number of hydrogen-bond donors (Lipinski definition) is 2. The number of aliphatic hydroxyl groups excluding tert-OH is 1. The second-order valence-corrected chi connectivity index (χ2v) is 5.50. The highest BCUT2D eigenvalue weighted by molar-refractivity contribution is 5.33. The highest BCUT2D eigenvalue weighted by atomic mass is 16.3. The van der Waals surface area contributed by atoms with Crippen LogP contribution in [0.15, 0.2) is 6.07 Å². The number of nitrogens with zero attached hydrogens (tertiary/aromatic N) is 1. The Morgan fingerprint density at radius 1 is 1.32 bits per heavy atom. The van der Waals surface area contributed by atoms with Gasteiger partial charge < -0.3 is 10.4 Å². The Kier molecular flexibility index (Phi) is 6.46. The lowest BCUT2D eigenvalue weighted by Crippen LogP contribution is -2.27. The van der Waals surface area contributed by atoms with Crippen molar-refractivity contribution >= 4 is 0 Å². The summed E-state index contributed by atoms with van der Waals surface area (Å²) >= 11 is 0. The summed E-state index contributed by atoms with van der Waals surface area (Å²) in [5.41, 5.74) is 4.81. The molecule has 0 bridgehead atoms. The van der Waals surface area contributed by atoms with E-state index >= 15 is 0 Å². The topological polar surface area (TPSA) is 45.1 Å². The lowest BCUT2D eigenvalue weighted by atomic mass is 9.98. The van der Waals surface area contributed by atoms with Crippen molar-refractivity contribution in [3.63, 3.8) is 0 Å². The second kappa shape index (κ2) is 7.61. The molecule has 108 valence electrons. The molecule has 0 amide bonds. The zero-order valence-electron chi connectivity index (χ0n) is 13.0. The fraction of sp³-hybridized carbons (Fsp3) is 0.688. The Bertz CT molecular complexity index is 381. The Morgan fingerprint density at radius 3 is 2.53 bits per heavy atom. The van der Waals surface area contributed by atoms with E-state index < -0.39 is 0 Å². The minimum Gasteiger partial charge on any atom is -0.396 e. The molecule has 0 aromatic carbocycles. The van der Waals surface area contributed by atoms with Gasteiger partial charge in [0.15, 0.2) is 0 Å². The molecule has 0 saturated heterocycles. The van der Waals surface area contributed by atoms with Gasteiger partial charge in [-0.3, -0.25) is 4.98 Å². The molecule has 1 aromatic rings. The maximum atomic E-state index is 9.03. The number of aromatic nitrogens is 1. The van der Waals surface area contributed by atoms with Crippen LogP contribution in [0.1, 0.15) is 55.2 Å². The average molecular weight is 264 g/mol. The molecule has 3 heteroatoms. The Labute approximate surface area is 117 Å². The highest BCUT2D eigenvalue weighted by Gasteiger charge is 2.14. The zero-order chi connectivity index (χ0) is 14.4. The van der Waals surface area contributed by atoms with Crippen LogP contribution in [0.5, 0.6) is 0 Å². The lowest BCUT2D eigenvalue weighted by molar-refractivity contribution is 0.249. The van der Waals surface area contributed by atoms with Crippen LogP contribution in [0.2, 0.25) is 0 Å². The fourth-order valence-corrected chi connectivity index (χ4v) is 2.77. The summed E-state index contributed by atoms with van der Waals surface area (Å²) in [5, 5.41) is 12.6. The standard InChI is InChI=1S/C16H28N2O/c1-6-15(7-8-19)10-17-13(4)16-11(2)9-12(3)18-14(16)5/h9,13,15,17,19H,6-8,10H2,1-5H3. The quantitative estimate of drug-likeness (QED) is 0.795. The maximum Gasteiger partial charge on any atom is 0.0434 e. The van der Waals surface area contributed by atoms with Crippen LogP contribution in [-0.4, -0.2) is 23.2 Å². The third kappa shape index (κ3) is 4.59. The van der Waals surface area contributed by atoms with Crippen LogP contribution < -0.4 is 5.32 Å². The van der Waals surface area contributed by atoms with Crippen molar-refractivity contribution in [1.82, 2.24) is 10.3 Å². The molecule has 0 spiro atoms. The van der Waals surface area contributed by atoms with Crippen molar-refractivity contribution in [3.05, 3.63) is 28.6 Å². The van der Waals surface area contributed by atoms with E-state index in [2.05, 4.69) is 44.1 Å². The maximum absolute atomic E-state index is 9.03. The molecule has 1 heterocycles. The Balaban J connectivity index is 2.70. The molecule has 0 fully saturated rings. The van der Waals surface area contributed by atoms with Crippen molar-refractivity contribution in [2.45, 2.75) is 53.5 Å². The van der Waals surface area contributed by atoms with E-state index in [-0.39, 0.29) is 6.61 Å². The predicted octanol–water partition coefficient (Wildman–Crippen LogP) is 3.07. The van der Waals surface area contributed by atoms with Crippen molar-refractivity contribution in [2.75, 3.05) is 13.2 Å². The molecule has 2 atom stereocenters. The van der Waals surface area contributed by atoms with E-state index in [1.165, 1.54) is 11.1 Å². The molecule has 1 aromatic heterocycles. The predicted molar refractivity (Wildman–Crippen MR) is 80.3 cm³/mol. The number of hydrogen-bond acceptors (Lipinski definition) is 3. The van der Waals surface area contributed by atoms with Crippen LogP contribution >= 0.6 is 0 Å². The van der Waals surface area contributed by atoms with Crippen LogP contribution in [0.4, 0.5) is 0 Å². The normalized spacial score (nSPS) is 14.4. The number of nitrogens with one attached hydrogen (secondary N) is 1. The van der Waals surface area contributed by atoms with Crippen molar-refractivity contribution in [2.24, 2.45) is 5.92 Å². The largest absolute Gasteiger partial charge is 0.396 e. The smallest absolute Gasteiger partial charge is 0.0434 e. The van der Waals surface area contributed by atoms with Gasteiger partial charge in [0.1, 0.15) is 0 Å². The third-order valence-electron chi connectivity index (χ3n) is 3.84. The first-order valence-electron chi connectivity index (χ1n) is 7.28. The van der Waals surface area contributed by atoms with Crippen molar-refractivity contribution in [3.8, 4) is 0 Å². The minimum atomic E-state index is 0.276. The number of rotatable bonds is 7. The molecular weight excluding hydrogens is 236 g/mol. The van der Waals surface area contributed by atoms with E-state index in [9.17, 15) is 0 Å². The van der Waals surface area contributed by atoms with Gasteiger partial charge in [-0.25, -0.2) is 0 Å². The van der Waals surface area contributed by atoms with E-state index in [1.807, 2.05) is 6.92 Å². The first-order chi connectivity index (χ1) is 8.99. The molecule has 0 aliphatic heterocycles. The van der Waals surface area contributed by atoms with E-state index in [0.29, 0.717) is 12.0 Å². The molecular formula is C16H28N2O. The van der Waals surface area contributed by atoms with Crippen LogP contribution in [-0.2, 0) is 0 Å². The average Bonchev–Trinajstić information content (AvgIpc) is 2.33. The van der Waals surface area contributed by atoms with E-state index in [1.54, 1.807) is 0 Å². The number of aryl methyl sites for hydroxylation is 3. The first-order valence-corrected chi connectivity index (χ1v) is 7.28. The van der Waals surface area contributed by atoms with Gasteiger partial charge in [0, 0.05) is 24.0 Å². The molecule has 0 aliphatic carbocycles. The molecule has 1 rings (SSSR count). The van der Waals surface area contributed by atoms with Gasteiger partial charge in [0.2, 0.25) is 0 Å². The summed E-state index contributed by atoms with van der Waals surface area (Å²) in [7, 11) is 0. The molecule has 0 saturated carbocycles. The third-order valence-corrected chi connectivity index (χ3v) is 3.84. The van der Waals surface area contributed by atoms with Gasteiger partial charge >= 0.3 is 0 Å². The Morgan fingerprint density at radius 2 is 2.00 bits per heavy atom. The monoisotopic (exact) mass is 264 g/mol. The summed E-state index contributed by atoms with van der Waals surface area (Å²) < 4.78 is 0. The van der Waals surface area contributed by atoms with Gasteiger partial charge in [0.25, 0.3) is 0 Å². The fourth-order valence-electron chi connectivity index (χ4n) is 2.77. The van der Waals surface area contributed by atoms with Crippen LogP contribution in [0.25, 0.3) is 0 Å². The lowest BCUT2D eigenvalue weighted by Gasteiger charge is -2.22. The van der Waals surface area contributed by atoms with E-state index in [4.69, 9.17) is 5.11 Å². The summed E-state index contributed by atoms with van der Waals surface area (Å²) in [6.45, 7) is 11.9. The van der Waals surface area contributed by atoms with Crippen LogP contribution in [0, 0.1) is 26.7 Å². The minimum absolute atomic E-state index is 0.276. The van der Waals surface area contributed by atoms with Gasteiger partial charge in [-0.2, -0.15) is 0 Å². The summed E-state index contributed by atoms with van der Waals surface area (Å²) in [6.07, 6.45) is 1.98. The summed E-state index contributed by atoms with van der Waals surface area (Å²) in [5.74, 6) is 0.548. The van der Waals surface area contributed by atoms with Crippen LogP contribution in [0.3, 0.4) is 0 Å². The molecule has 0 radical (unpaired) electrons. The zero-order valence-corrected chi connectivity index (χ0v) is 13.0. The molecule has 0 aliphatic rings. The van der Waals surface area contributed by atoms with Gasteiger partial charge in [0.05, 0.1) is 0 Å². The summed E-state index contributed by atoms with van der Waals surface area (Å²) in [6, 6.07) is 2.45. The highest BCUT2D eigenvalue weighted by Crippen LogP contribution is 2.21. The SMILES string of the molecule is CCC(CCO)CNC(C)c1c(C)cc(C)nc1C. The Hall–Kier alpha value is -0.930. The van der Waals surface area contributed by atoms with Crippen molar-refractivity contribution in [1.29, 1.82) is 0 Å². The molecule has 2 unspecified atom stereocenters. The summed E-state index contributed by atoms with van der Waals surface area (Å²) in [4.78, 5) is 4.56. The number of aliphatic hydroxyl groups is 1.